The minimum atomic E-state index is -4.67. The minimum Gasteiger partial charge on any atom is -0.444 e. The molecule has 0 bridgehead atoms. The third kappa shape index (κ3) is 8.22. The molecule has 1 fully saturated rings. The number of carbonyl (C=O) groups is 2. The smallest absolute Gasteiger partial charge is 0.416 e. The highest BCUT2D eigenvalue weighted by Crippen LogP contribution is 2.34. The van der Waals surface area contributed by atoms with Gasteiger partial charge in [-0.2, -0.15) is 23.0 Å². The molecular weight excluding hydrogens is 625 g/mol. The largest absolute Gasteiger partial charge is 0.444 e. The Balaban J connectivity index is 1.35. The van der Waals surface area contributed by atoms with Crippen LogP contribution in [0.4, 0.5) is 40.8 Å². The van der Waals surface area contributed by atoms with Gasteiger partial charge < -0.3 is 25.2 Å². The molecule has 2 amide bonds. The fraction of sp³-hybridized carbons (Fsp3) is 0.382. The number of nitrogens with zero attached hydrogens (tertiary/aromatic N) is 6. The lowest BCUT2D eigenvalue weighted by Gasteiger charge is -2.37. The monoisotopic (exact) mass is 664 g/mol. The maximum Gasteiger partial charge on any atom is 0.416 e. The number of anilines is 4. The topological polar surface area (TPSA) is 118 Å². The first-order valence-electron chi connectivity index (χ1n) is 15.6. The van der Waals surface area contributed by atoms with E-state index in [1.165, 1.54) is 17.3 Å². The van der Waals surface area contributed by atoms with Gasteiger partial charge in [-0.1, -0.05) is 13.0 Å². The summed E-state index contributed by atoms with van der Waals surface area (Å²) in [5, 5.41) is 10.7. The fourth-order valence-electron chi connectivity index (χ4n) is 5.20. The molecule has 254 valence electrons. The van der Waals surface area contributed by atoms with Gasteiger partial charge in [-0.05, 0) is 76.9 Å². The molecule has 3 heterocycles. The zero-order valence-corrected chi connectivity index (χ0v) is 27.8. The molecule has 1 aliphatic heterocycles. The molecule has 48 heavy (non-hydrogen) atoms. The van der Waals surface area contributed by atoms with Crippen molar-refractivity contribution in [2.24, 2.45) is 0 Å². The SMILES string of the molecule is CCc1cc(-n2nc(C)cc2Nc2cc(NC(=O)c3cc(N4CCN(C(=O)OC(C)(C)C)CC4)cc(C(F)(F)F)c3)ccc2C)ncn1. The average molecular weight is 665 g/mol. The van der Waals surface area contributed by atoms with Gasteiger partial charge in [0.2, 0.25) is 0 Å². The molecular formula is C34H39F3N8O3. The van der Waals surface area contributed by atoms with Crippen LogP contribution < -0.4 is 15.5 Å². The van der Waals surface area contributed by atoms with Crippen LogP contribution in [0.25, 0.3) is 5.82 Å². The van der Waals surface area contributed by atoms with Crippen LogP contribution in [0.5, 0.6) is 0 Å². The number of amides is 2. The Labute approximate surface area is 277 Å². The Morgan fingerprint density at radius 1 is 0.938 bits per heavy atom. The summed E-state index contributed by atoms with van der Waals surface area (Å²) in [7, 11) is 0. The number of rotatable bonds is 7. The zero-order valence-electron chi connectivity index (χ0n) is 27.8. The first-order valence-corrected chi connectivity index (χ1v) is 15.6. The molecule has 0 aliphatic carbocycles. The highest BCUT2D eigenvalue weighted by Gasteiger charge is 2.33. The summed E-state index contributed by atoms with van der Waals surface area (Å²) in [6, 6.07) is 12.2. The van der Waals surface area contributed by atoms with Crippen LogP contribution in [0.15, 0.2) is 54.9 Å². The van der Waals surface area contributed by atoms with E-state index in [1.54, 1.807) is 48.6 Å². The molecule has 2 N–H and O–H groups in total. The summed E-state index contributed by atoms with van der Waals surface area (Å²) >= 11 is 0. The Bertz CT molecular complexity index is 1810. The van der Waals surface area contributed by atoms with Crippen molar-refractivity contribution in [1.82, 2.24) is 24.6 Å². The predicted molar refractivity (Wildman–Crippen MR) is 177 cm³/mol. The lowest BCUT2D eigenvalue weighted by atomic mass is 10.1. The van der Waals surface area contributed by atoms with Gasteiger partial charge in [0.1, 0.15) is 17.7 Å². The lowest BCUT2D eigenvalue weighted by molar-refractivity contribution is -0.137. The Kier molecular flexibility index (Phi) is 9.64. The van der Waals surface area contributed by atoms with Crippen molar-refractivity contribution < 1.29 is 27.5 Å². The summed E-state index contributed by atoms with van der Waals surface area (Å²) in [4.78, 5) is 37.8. The molecule has 1 aliphatic rings. The Morgan fingerprint density at radius 2 is 1.67 bits per heavy atom. The van der Waals surface area contributed by atoms with Gasteiger partial charge >= 0.3 is 12.3 Å². The third-order valence-corrected chi connectivity index (χ3v) is 7.68. The molecule has 2 aromatic carbocycles. The van der Waals surface area contributed by atoms with E-state index in [1.807, 2.05) is 32.9 Å². The van der Waals surface area contributed by atoms with E-state index in [0.29, 0.717) is 23.0 Å². The number of carbonyl (C=O) groups excluding carboxylic acids is 2. The maximum absolute atomic E-state index is 14.0. The van der Waals surface area contributed by atoms with Crippen molar-refractivity contribution in [2.45, 2.75) is 59.7 Å². The zero-order chi connectivity index (χ0) is 34.8. The van der Waals surface area contributed by atoms with Crippen LogP contribution in [0, 0.1) is 13.8 Å². The van der Waals surface area contributed by atoms with E-state index in [4.69, 9.17) is 4.74 Å². The van der Waals surface area contributed by atoms with Crippen LogP contribution in [0.3, 0.4) is 0 Å². The van der Waals surface area contributed by atoms with Crippen LogP contribution in [-0.2, 0) is 17.3 Å². The Hall–Kier alpha value is -5.14. The number of hydrogen-bond donors (Lipinski definition) is 2. The van der Waals surface area contributed by atoms with E-state index in [0.717, 1.165) is 35.5 Å². The molecule has 0 saturated carbocycles. The molecule has 11 nitrogen and oxygen atoms in total. The number of aromatic nitrogens is 4. The minimum absolute atomic E-state index is 0.145. The average Bonchev–Trinajstić information content (AvgIpc) is 3.40. The van der Waals surface area contributed by atoms with Crippen LogP contribution >= 0.6 is 0 Å². The molecule has 14 heteroatoms. The van der Waals surface area contributed by atoms with E-state index in [-0.39, 0.29) is 37.4 Å². The summed E-state index contributed by atoms with van der Waals surface area (Å²) in [5.41, 5.74) is 2.02. The summed E-state index contributed by atoms with van der Waals surface area (Å²) in [6.45, 7) is 12.1. The summed E-state index contributed by atoms with van der Waals surface area (Å²) in [5.74, 6) is 0.527. The predicted octanol–water partition coefficient (Wildman–Crippen LogP) is 6.91. The first kappa shape index (κ1) is 34.2. The van der Waals surface area contributed by atoms with Crippen molar-refractivity contribution in [3.05, 3.63) is 82.9 Å². The second-order valence-electron chi connectivity index (χ2n) is 12.6. The number of ether oxygens (including phenoxy) is 1. The van der Waals surface area contributed by atoms with E-state index >= 15 is 0 Å². The number of hydrogen-bond acceptors (Lipinski definition) is 8. The number of benzene rings is 2. The Morgan fingerprint density at radius 3 is 2.33 bits per heavy atom. The summed E-state index contributed by atoms with van der Waals surface area (Å²) < 4.78 is 49.1. The molecule has 1 saturated heterocycles. The van der Waals surface area contributed by atoms with Gasteiger partial charge in [0.15, 0.2) is 5.82 Å². The van der Waals surface area contributed by atoms with Crippen LogP contribution in [-0.4, -0.2) is 68.4 Å². The normalized spacial score (nSPS) is 13.8. The number of aryl methyl sites for hydroxylation is 3. The summed E-state index contributed by atoms with van der Waals surface area (Å²) in [6.07, 6.45) is -2.93. The molecule has 4 aromatic rings. The van der Waals surface area contributed by atoms with Gasteiger partial charge in [-0.25, -0.2) is 14.8 Å². The lowest BCUT2D eigenvalue weighted by Crippen LogP contribution is -2.50. The van der Waals surface area contributed by atoms with Crippen LogP contribution in [0.2, 0.25) is 0 Å². The quantitative estimate of drug-likeness (QED) is 0.219. The maximum atomic E-state index is 14.0. The van der Waals surface area contributed by atoms with Crippen molar-refractivity contribution in [3.63, 3.8) is 0 Å². The van der Waals surface area contributed by atoms with E-state index < -0.39 is 29.3 Å². The van der Waals surface area contributed by atoms with Crippen molar-refractivity contribution in [2.75, 3.05) is 41.7 Å². The molecule has 0 radical (unpaired) electrons. The third-order valence-electron chi connectivity index (χ3n) is 7.68. The molecule has 5 rings (SSSR count). The van der Waals surface area contributed by atoms with Crippen LogP contribution in [0.1, 0.15) is 60.6 Å². The van der Waals surface area contributed by atoms with Gasteiger partial charge in [-0.15, -0.1) is 0 Å². The van der Waals surface area contributed by atoms with Gasteiger partial charge in [-0.3, -0.25) is 4.79 Å². The van der Waals surface area contributed by atoms with Gasteiger partial charge in [0.05, 0.1) is 11.3 Å². The van der Waals surface area contributed by atoms with Crippen molar-refractivity contribution >= 4 is 34.9 Å². The molecule has 0 unspecified atom stereocenters. The second-order valence-corrected chi connectivity index (χ2v) is 12.6. The highest BCUT2D eigenvalue weighted by molar-refractivity contribution is 6.05. The number of alkyl halides is 3. The first-order chi connectivity index (χ1) is 22.6. The van der Waals surface area contributed by atoms with Crippen molar-refractivity contribution in [1.29, 1.82) is 0 Å². The van der Waals surface area contributed by atoms with E-state index in [2.05, 4.69) is 25.7 Å². The van der Waals surface area contributed by atoms with Gasteiger partial charge in [0.25, 0.3) is 5.91 Å². The van der Waals surface area contributed by atoms with E-state index in [9.17, 15) is 22.8 Å². The molecule has 0 spiro atoms. The fourth-order valence-corrected chi connectivity index (χ4v) is 5.20. The number of nitrogens with one attached hydrogen (secondary N) is 2. The number of piperazine rings is 1. The standard InChI is InChI=1S/C34H39F3N8O3/c1-7-25-19-29(39-20-38-25)45-30(14-22(3)42-45)41-28-18-26(9-8-21(28)2)40-31(46)23-15-24(34(35,36)37)17-27(16-23)43-10-12-44(13-11-43)32(47)48-33(4,5)6/h8-9,14-20,41H,7,10-13H2,1-6H3,(H,40,46). The molecule has 2 aromatic heterocycles. The molecule has 0 atom stereocenters. The van der Waals surface area contributed by atoms with Crippen molar-refractivity contribution in [3.8, 4) is 5.82 Å². The van der Waals surface area contributed by atoms with Gasteiger partial charge in [0, 0.05) is 66.6 Å². The number of halogens is 3. The highest BCUT2D eigenvalue weighted by atomic mass is 19.4. The second kappa shape index (κ2) is 13.5.